The summed E-state index contributed by atoms with van der Waals surface area (Å²) in [5, 5.41) is 2.75. The van der Waals surface area contributed by atoms with Crippen molar-refractivity contribution in [2.24, 2.45) is 5.73 Å². The van der Waals surface area contributed by atoms with E-state index >= 15 is 0 Å². The number of hydrogen-bond acceptors (Lipinski definition) is 3. The van der Waals surface area contributed by atoms with Crippen molar-refractivity contribution in [2.45, 2.75) is 0 Å². The molecule has 1 amide bonds. The minimum atomic E-state index is -0.299. The molecule has 0 fully saturated rings. The highest BCUT2D eigenvalue weighted by Gasteiger charge is 2.08. The lowest BCUT2D eigenvalue weighted by molar-refractivity contribution is 0.0927. The molecule has 1 aromatic heterocycles. The van der Waals surface area contributed by atoms with E-state index in [2.05, 4.69) is 5.32 Å². The summed E-state index contributed by atoms with van der Waals surface area (Å²) < 4.78 is 4.85. The molecule has 4 nitrogen and oxygen atoms in total. The predicted molar refractivity (Wildman–Crippen MR) is 45.1 cm³/mol. The number of furan rings is 1. The van der Waals surface area contributed by atoms with Gasteiger partial charge < -0.3 is 15.5 Å². The first kappa shape index (κ1) is 9.09. The van der Waals surface area contributed by atoms with E-state index in [1.165, 1.54) is 12.1 Å². The van der Waals surface area contributed by atoms with Crippen LogP contribution >= 0.6 is 11.6 Å². The highest BCUT2D eigenvalue weighted by atomic mass is 35.5. The number of amides is 1. The molecule has 5 heteroatoms. The fourth-order valence-electron chi connectivity index (χ4n) is 0.709. The molecule has 12 heavy (non-hydrogen) atoms. The summed E-state index contributed by atoms with van der Waals surface area (Å²) in [5.74, 6) is -0.0965. The van der Waals surface area contributed by atoms with Gasteiger partial charge in [0, 0.05) is 13.1 Å². The zero-order valence-corrected chi connectivity index (χ0v) is 7.10. The summed E-state index contributed by atoms with van der Waals surface area (Å²) in [6.45, 7) is 0.831. The largest absolute Gasteiger partial charge is 0.440 e. The lowest BCUT2D eigenvalue weighted by Gasteiger charge is -1.98. The van der Waals surface area contributed by atoms with E-state index in [0.29, 0.717) is 13.1 Å². The lowest BCUT2D eigenvalue weighted by atomic mass is 10.4. The molecule has 0 aliphatic heterocycles. The molecule has 0 saturated carbocycles. The van der Waals surface area contributed by atoms with E-state index in [1.54, 1.807) is 0 Å². The molecular formula is C7H9ClN2O2. The fraction of sp³-hybridized carbons (Fsp3) is 0.286. The number of carbonyl (C=O) groups excluding carboxylic acids is 1. The second-order valence-electron chi connectivity index (χ2n) is 2.15. The van der Waals surface area contributed by atoms with Crippen LogP contribution in [0.25, 0.3) is 0 Å². The van der Waals surface area contributed by atoms with Gasteiger partial charge in [-0.05, 0) is 23.7 Å². The molecule has 0 aliphatic carbocycles. The number of halogens is 1. The van der Waals surface area contributed by atoms with Crippen LogP contribution in [-0.2, 0) is 0 Å². The summed E-state index contributed by atoms with van der Waals surface area (Å²) in [6.07, 6.45) is 0. The van der Waals surface area contributed by atoms with Crippen LogP contribution in [0, 0.1) is 0 Å². The number of hydrogen-bond donors (Lipinski definition) is 2. The van der Waals surface area contributed by atoms with Gasteiger partial charge in [-0.3, -0.25) is 4.79 Å². The Morgan fingerprint density at radius 2 is 2.42 bits per heavy atom. The van der Waals surface area contributed by atoms with Crippen molar-refractivity contribution in [2.75, 3.05) is 13.1 Å². The predicted octanol–water partition coefficient (Wildman–Crippen LogP) is 0.621. The maximum absolute atomic E-state index is 11.1. The summed E-state index contributed by atoms with van der Waals surface area (Å²) in [5.41, 5.74) is 5.19. The highest BCUT2D eigenvalue weighted by Crippen LogP contribution is 2.12. The second kappa shape index (κ2) is 4.13. The standard InChI is InChI=1S/C7H9ClN2O2/c8-6-2-1-5(12-6)7(11)10-4-3-9/h1-2H,3-4,9H2,(H,10,11). The van der Waals surface area contributed by atoms with Crippen molar-refractivity contribution in [3.63, 3.8) is 0 Å². The smallest absolute Gasteiger partial charge is 0.287 e. The first-order chi connectivity index (χ1) is 5.74. The van der Waals surface area contributed by atoms with Crippen LogP contribution in [0.15, 0.2) is 16.5 Å². The van der Waals surface area contributed by atoms with E-state index in [9.17, 15) is 4.79 Å². The molecular weight excluding hydrogens is 180 g/mol. The molecule has 1 rings (SSSR count). The summed E-state index contributed by atoms with van der Waals surface area (Å²) in [6, 6.07) is 3.02. The topological polar surface area (TPSA) is 68.3 Å². The molecule has 66 valence electrons. The molecule has 0 bridgehead atoms. The van der Waals surface area contributed by atoms with Gasteiger partial charge >= 0.3 is 0 Å². The van der Waals surface area contributed by atoms with E-state index in [-0.39, 0.29) is 16.9 Å². The minimum absolute atomic E-state index is 0.202. The Balaban J connectivity index is 2.53. The molecule has 0 atom stereocenters. The minimum Gasteiger partial charge on any atom is -0.440 e. The number of nitrogens with two attached hydrogens (primary N) is 1. The zero-order chi connectivity index (χ0) is 8.97. The van der Waals surface area contributed by atoms with Gasteiger partial charge in [0.1, 0.15) is 0 Å². The maximum atomic E-state index is 11.1. The van der Waals surface area contributed by atoms with Gasteiger partial charge in [0.15, 0.2) is 11.0 Å². The van der Waals surface area contributed by atoms with Crippen molar-refractivity contribution in [1.29, 1.82) is 0 Å². The fourth-order valence-corrected chi connectivity index (χ4v) is 0.855. The third kappa shape index (κ3) is 2.25. The third-order valence-corrected chi connectivity index (χ3v) is 1.43. The summed E-state index contributed by atoms with van der Waals surface area (Å²) in [4.78, 5) is 11.1. The Morgan fingerprint density at radius 1 is 1.67 bits per heavy atom. The van der Waals surface area contributed by atoms with Gasteiger partial charge in [0.25, 0.3) is 5.91 Å². The number of carbonyl (C=O) groups is 1. The summed E-state index contributed by atoms with van der Waals surface area (Å²) >= 11 is 5.47. The quantitative estimate of drug-likeness (QED) is 0.731. The van der Waals surface area contributed by atoms with Crippen molar-refractivity contribution < 1.29 is 9.21 Å². The van der Waals surface area contributed by atoms with Gasteiger partial charge in [0.2, 0.25) is 0 Å². The molecule has 1 heterocycles. The monoisotopic (exact) mass is 188 g/mol. The van der Waals surface area contributed by atoms with Crippen LogP contribution in [0.3, 0.4) is 0 Å². The Labute approximate surface area is 74.7 Å². The van der Waals surface area contributed by atoms with Gasteiger partial charge in [-0.1, -0.05) is 0 Å². The maximum Gasteiger partial charge on any atom is 0.287 e. The Kier molecular flexibility index (Phi) is 3.13. The van der Waals surface area contributed by atoms with Gasteiger partial charge in [-0.25, -0.2) is 0 Å². The van der Waals surface area contributed by atoms with Crippen molar-refractivity contribution in [3.8, 4) is 0 Å². The van der Waals surface area contributed by atoms with Crippen LogP contribution < -0.4 is 11.1 Å². The van der Waals surface area contributed by atoms with Crippen LogP contribution in [0.1, 0.15) is 10.6 Å². The van der Waals surface area contributed by atoms with E-state index in [0.717, 1.165) is 0 Å². The SMILES string of the molecule is NCCNC(=O)c1ccc(Cl)o1. The molecule has 0 radical (unpaired) electrons. The summed E-state index contributed by atoms with van der Waals surface area (Å²) in [7, 11) is 0. The zero-order valence-electron chi connectivity index (χ0n) is 6.34. The normalized spacial score (nSPS) is 9.83. The van der Waals surface area contributed by atoms with Crippen LogP contribution in [0.4, 0.5) is 0 Å². The van der Waals surface area contributed by atoms with Crippen LogP contribution in [0.2, 0.25) is 5.22 Å². The Hall–Kier alpha value is -1.00. The molecule has 0 aromatic carbocycles. The first-order valence-corrected chi connectivity index (χ1v) is 3.85. The first-order valence-electron chi connectivity index (χ1n) is 3.47. The van der Waals surface area contributed by atoms with Crippen LogP contribution in [0.5, 0.6) is 0 Å². The van der Waals surface area contributed by atoms with Gasteiger partial charge in [-0.2, -0.15) is 0 Å². The number of nitrogens with one attached hydrogen (secondary N) is 1. The highest BCUT2D eigenvalue weighted by molar-refractivity contribution is 6.29. The molecule has 1 aromatic rings. The van der Waals surface area contributed by atoms with E-state index in [1.807, 2.05) is 0 Å². The molecule has 0 saturated heterocycles. The molecule has 0 spiro atoms. The van der Waals surface area contributed by atoms with Crippen molar-refractivity contribution in [1.82, 2.24) is 5.32 Å². The average molecular weight is 189 g/mol. The van der Waals surface area contributed by atoms with Crippen molar-refractivity contribution >= 4 is 17.5 Å². The van der Waals surface area contributed by atoms with Crippen LogP contribution in [-0.4, -0.2) is 19.0 Å². The second-order valence-corrected chi connectivity index (χ2v) is 2.52. The molecule has 3 N–H and O–H groups in total. The number of rotatable bonds is 3. The van der Waals surface area contributed by atoms with Gasteiger partial charge in [-0.15, -0.1) is 0 Å². The Bertz CT molecular complexity index is 272. The van der Waals surface area contributed by atoms with E-state index in [4.69, 9.17) is 21.8 Å². The molecule has 0 aliphatic rings. The van der Waals surface area contributed by atoms with E-state index < -0.39 is 0 Å². The Morgan fingerprint density at radius 3 is 2.92 bits per heavy atom. The average Bonchev–Trinajstić information content (AvgIpc) is 2.47. The molecule has 0 unspecified atom stereocenters. The van der Waals surface area contributed by atoms with Crippen molar-refractivity contribution in [3.05, 3.63) is 23.1 Å². The van der Waals surface area contributed by atoms with Gasteiger partial charge in [0.05, 0.1) is 0 Å². The lowest BCUT2D eigenvalue weighted by Crippen LogP contribution is -2.28. The third-order valence-electron chi connectivity index (χ3n) is 1.23.